The molecule has 0 saturated carbocycles. The van der Waals surface area contributed by atoms with Crippen LogP contribution in [-0.4, -0.2) is 24.1 Å². The van der Waals surface area contributed by atoms with Crippen LogP contribution in [0.1, 0.15) is 5.69 Å². The summed E-state index contributed by atoms with van der Waals surface area (Å²) in [7, 11) is 0. The van der Waals surface area contributed by atoms with Crippen LogP contribution < -0.4 is 11.1 Å². The maximum Gasteiger partial charge on any atom is 0.259 e. The van der Waals surface area contributed by atoms with E-state index in [-0.39, 0.29) is 17.7 Å². The average molecular weight is 476 g/mol. The van der Waals surface area contributed by atoms with E-state index < -0.39 is 0 Å². The number of pyridine rings is 2. The largest absolute Gasteiger partial charge is 0.334 e. The molecule has 0 unspecified atom stereocenters. The second-order valence-electron chi connectivity index (χ2n) is 6.83. The van der Waals surface area contributed by atoms with Gasteiger partial charge in [-0.3, -0.25) is 14.0 Å². The molecule has 0 fully saturated rings. The Morgan fingerprint density at radius 1 is 0.903 bits per heavy atom. The molecule has 5 rings (SSSR count). The van der Waals surface area contributed by atoms with E-state index in [1.54, 1.807) is 36.7 Å². The van der Waals surface area contributed by atoms with Gasteiger partial charge in [0.2, 0.25) is 5.82 Å². The molecule has 0 radical (unpaired) electrons. The van der Waals surface area contributed by atoms with E-state index in [0.29, 0.717) is 28.6 Å². The van der Waals surface area contributed by atoms with Crippen molar-refractivity contribution in [3.63, 3.8) is 0 Å². The third-order valence-electron chi connectivity index (χ3n) is 4.72. The van der Waals surface area contributed by atoms with Crippen LogP contribution in [0.2, 0.25) is 0 Å². The zero-order valence-electron chi connectivity index (χ0n) is 16.0. The molecule has 0 atom stereocenters. The zero-order chi connectivity index (χ0) is 21.4. The molecule has 0 saturated heterocycles. The molecule has 0 aliphatic rings. The van der Waals surface area contributed by atoms with Crippen molar-refractivity contribution in [1.29, 1.82) is 0 Å². The van der Waals surface area contributed by atoms with Crippen LogP contribution in [0.15, 0.2) is 91.6 Å². The van der Waals surface area contributed by atoms with Gasteiger partial charge < -0.3 is 9.09 Å². The van der Waals surface area contributed by atoms with Gasteiger partial charge in [-0.2, -0.15) is 4.98 Å². The first-order chi connectivity index (χ1) is 15.1. The Morgan fingerprint density at radius 3 is 2.55 bits per heavy atom. The molecule has 5 aromatic rings. The summed E-state index contributed by atoms with van der Waals surface area (Å²) in [6, 6.07) is 17.3. The number of halogens is 1. The number of hydrogen-bond donors (Lipinski definition) is 0. The minimum absolute atomic E-state index is 0.140. The van der Waals surface area contributed by atoms with Crippen LogP contribution in [0.3, 0.4) is 0 Å². The van der Waals surface area contributed by atoms with Crippen molar-refractivity contribution < 1.29 is 4.52 Å². The van der Waals surface area contributed by atoms with E-state index in [9.17, 15) is 9.59 Å². The molecule has 0 aliphatic heterocycles. The third kappa shape index (κ3) is 3.82. The zero-order valence-corrected chi connectivity index (χ0v) is 17.6. The molecular formula is C22H14BrN5O3. The highest BCUT2D eigenvalue weighted by Gasteiger charge is 2.13. The topological polar surface area (TPSA) is 95.3 Å². The standard InChI is InChI=1S/C22H14BrN5O3/c23-16-7-4-14(5-8-16)21-25-22(31-26-21)15-6-9-19(29)27(12-15)13-17-11-20(30)28-10-2-1-3-18(28)24-17/h1-12H,13H2. The minimum atomic E-state index is -0.230. The minimum Gasteiger partial charge on any atom is -0.334 e. The van der Waals surface area contributed by atoms with Gasteiger partial charge >= 0.3 is 0 Å². The summed E-state index contributed by atoms with van der Waals surface area (Å²) in [6.07, 6.45) is 3.27. The lowest BCUT2D eigenvalue weighted by molar-refractivity contribution is 0.432. The van der Waals surface area contributed by atoms with Crippen molar-refractivity contribution >= 4 is 21.6 Å². The maximum atomic E-state index is 12.4. The van der Waals surface area contributed by atoms with Gasteiger partial charge in [-0.1, -0.05) is 27.2 Å². The Bertz CT molecular complexity index is 1520. The van der Waals surface area contributed by atoms with Gasteiger partial charge in [0.1, 0.15) is 5.65 Å². The van der Waals surface area contributed by atoms with Gasteiger partial charge in [0.05, 0.1) is 17.8 Å². The van der Waals surface area contributed by atoms with Gasteiger partial charge in [0, 0.05) is 34.6 Å². The molecule has 1 aromatic carbocycles. The molecule has 152 valence electrons. The van der Waals surface area contributed by atoms with Gasteiger partial charge in [-0.15, -0.1) is 0 Å². The Kier molecular flexibility index (Phi) is 4.79. The molecule has 0 spiro atoms. The Hall–Kier alpha value is -3.85. The molecule has 0 aliphatic carbocycles. The van der Waals surface area contributed by atoms with Crippen LogP contribution in [0.5, 0.6) is 0 Å². The third-order valence-corrected chi connectivity index (χ3v) is 5.24. The Labute approximate surface area is 183 Å². The lowest BCUT2D eigenvalue weighted by Crippen LogP contribution is -2.22. The fourth-order valence-corrected chi connectivity index (χ4v) is 3.46. The summed E-state index contributed by atoms with van der Waals surface area (Å²) in [5, 5.41) is 4.03. The van der Waals surface area contributed by atoms with E-state index >= 15 is 0 Å². The van der Waals surface area contributed by atoms with Gasteiger partial charge in [0.25, 0.3) is 17.0 Å². The van der Waals surface area contributed by atoms with Crippen LogP contribution in [0, 0.1) is 0 Å². The van der Waals surface area contributed by atoms with E-state index in [2.05, 4.69) is 31.1 Å². The molecular weight excluding hydrogens is 462 g/mol. The quantitative estimate of drug-likeness (QED) is 0.395. The van der Waals surface area contributed by atoms with Crippen molar-refractivity contribution in [2.24, 2.45) is 0 Å². The summed E-state index contributed by atoms with van der Waals surface area (Å²) >= 11 is 3.40. The lowest BCUT2D eigenvalue weighted by Gasteiger charge is -2.07. The Balaban J connectivity index is 1.48. The highest BCUT2D eigenvalue weighted by atomic mass is 79.9. The fourth-order valence-electron chi connectivity index (χ4n) is 3.20. The number of nitrogens with zero attached hydrogens (tertiary/aromatic N) is 5. The second-order valence-corrected chi connectivity index (χ2v) is 7.74. The number of rotatable bonds is 4. The number of fused-ring (bicyclic) bond motifs is 1. The summed E-state index contributed by atoms with van der Waals surface area (Å²) in [5.41, 5.74) is 1.97. The molecule has 4 heterocycles. The predicted octanol–water partition coefficient (Wildman–Crippen LogP) is 3.38. The van der Waals surface area contributed by atoms with Crippen LogP contribution >= 0.6 is 15.9 Å². The molecule has 8 nitrogen and oxygen atoms in total. The summed E-state index contributed by atoms with van der Waals surface area (Å²) in [4.78, 5) is 33.6. The number of aromatic nitrogens is 5. The molecule has 4 aromatic heterocycles. The fraction of sp³-hybridized carbons (Fsp3) is 0.0455. The van der Waals surface area contributed by atoms with Crippen molar-refractivity contribution in [3.8, 4) is 22.8 Å². The van der Waals surface area contributed by atoms with Gasteiger partial charge in [0.15, 0.2) is 0 Å². The average Bonchev–Trinajstić information content (AvgIpc) is 3.26. The molecule has 9 heteroatoms. The molecule has 0 amide bonds. The monoisotopic (exact) mass is 475 g/mol. The highest BCUT2D eigenvalue weighted by molar-refractivity contribution is 9.10. The van der Waals surface area contributed by atoms with Crippen molar-refractivity contribution in [2.45, 2.75) is 6.54 Å². The van der Waals surface area contributed by atoms with E-state index in [4.69, 9.17) is 4.52 Å². The SMILES string of the molecule is O=c1ccc(-c2nc(-c3ccc(Br)cc3)no2)cn1Cc1cc(=O)n2ccccc2n1. The Morgan fingerprint density at radius 2 is 1.71 bits per heavy atom. The van der Waals surface area contributed by atoms with E-state index in [1.165, 1.54) is 21.1 Å². The number of hydrogen-bond acceptors (Lipinski definition) is 6. The summed E-state index contributed by atoms with van der Waals surface area (Å²) in [6.45, 7) is 0.140. The van der Waals surface area contributed by atoms with Crippen LogP contribution in [0.25, 0.3) is 28.5 Å². The first kappa shape index (κ1) is 19.1. The maximum absolute atomic E-state index is 12.4. The van der Waals surface area contributed by atoms with Gasteiger partial charge in [-0.25, -0.2) is 4.98 Å². The number of benzene rings is 1. The summed E-state index contributed by atoms with van der Waals surface area (Å²) < 4.78 is 9.26. The molecule has 31 heavy (non-hydrogen) atoms. The predicted molar refractivity (Wildman–Crippen MR) is 118 cm³/mol. The second kappa shape index (κ2) is 7.77. The molecule has 0 bridgehead atoms. The van der Waals surface area contributed by atoms with E-state index in [1.807, 2.05) is 24.3 Å². The van der Waals surface area contributed by atoms with E-state index in [0.717, 1.165) is 10.0 Å². The lowest BCUT2D eigenvalue weighted by atomic mass is 10.2. The van der Waals surface area contributed by atoms with Crippen molar-refractivity contribution in [1.82, 2.24) is 24.1 Å². The van der Waals surface area contributed by atoms with Crippen LogP contribution in [-0.2, 0) is 6.54 Å². The van der Waals surface area contributed by atoms with Crippen molar-refractivity contribution in [2.75, 3.05) is 0 Å². The normalized spacial score (nSPS) is 11.1. The van der Waals surface area contributed by atoms with Gasteiger partial charge in [-0.05, 0) is 42.5 Å². The first-order valence-electron chi connectivity index (χ1n) is 9.35. The summed E-state index contributed by atoms with van der Waals surface area (Å²) in [5.74, 6) is 0.739. The molecule has 0 N–H and O–H groups in total. The smallest absolute Gasteiger partial charge is 0.259 e. The van der Waals surface area contributed by atoms with Crippen LogP contribution in [0.4, 0.5) is 0 Å². The van der Waals surface area contributed by atoms with Crippen molar-refractivity contribution in [3.05, 3.63) is 104 Å². The highest BCUT2D eigenvalue weighted by Crippen LogP contribution is 2.23. The first-order valence-corrected chi connectivity index (χ1v) is 10.1.